The summed E-state index contributed by atoms with van der Waals surface area (Å²) in [5.41, 5.74) is 1.70. The van der Waals surface area contributed by atoms with Crippen LogP contribution in [-0.2, 0) is 14.3 Å². The molecule has 0 aliphatic rings. The molecule has 0 bridgehead atoms. The maximum atomic E-state index is 10.6. The first-order chi connectivity index (χ1) is 9.22. The maximum absolute atomic E-state index is 10.6. The van der Waals surface area contributed by atoms with Gasteiger partial charge in [-0.15, -0.1) is 0 Å². The second-order valence-electron chi connectivity index (χ2n) is 3.90. The lowest BCUT2D eigenvalue weighted by molar-refractivity contribution is -0.131. The Kier molecular flexibility index (Phi) is 7.24. The highest BCUT2D eigenvalue weighted by Gasteiger charge is 2.00. The molecule has 1 aromatic carbocycles. The largest absolute Gasteiger partial charge is 0.478 e. The molecule has 0 heterocycles. The van der Waals surface area contributed by atoms with E-state index in [2.05, 4.69) is 0 Å². The monoisotopic (exact) mass is 262 g/mol. The zero-order valence-electron chi connectivity index (χ0n) is 10.9. The van der Waals surface area contributed by atoms with Crippen LogP contribution in [0.3, 0.4) is 0 Å². The van der Waals surface area contributed by atoms with Crippen molar-refractivity contribution >= 4 is 12.0 Å². The van der Waals surface area contributed by atoms with Gasteiger partial charge in [0, 0.05) is 13.2 Å². The smallest absolute Gasteiger partial charge is 0.328 e. The number of aliphatic carboxylic acids is 1. The van der Waals surface area contributed by atoms with Crippen molar-refractivity contribution in [2.24, 2.45) is 0 Å². The van der Waals surface area contributed by atoms with Gasteiger partial charge in [0.1, 0.15) is 0 Å². The Balaban J connectivity index is 2.33. The van der Waals surface area contributed by atoms with E-state index in [1.807, 2.05) is 42.5 Å². The topological polar surface area (TPSA) is 55.8 Å². The summed E-state index contributed by atoms with van der Waals surface area (Å²) in [6, 6.07) is 9.88. The number of hydrogen-bond acceptors (Lipinski definition) is 3. The summed E-state index contributed by atoms with van der Waals surface area (Å²) in [4.78, 5) is 10.6. The molecule has 0 amide bonds. The number of benzene rings is 1. The molecule has 1 N–H and O–H groups in total. The average Bonchev–Trinajstić information content (AvgIpc) is 2.39. The number of rotatable bonds is 8. The summed E-state index contributed by atoms with van der Waals surface area (Å²) < 4.78 is 10.3. The summed E-state index contributed by atoms with van der Waals surface area (Å²) >= 11 is 0. The highest BCUT2D eigenvalue weighted by molar-refractivity contribution is 5.80. The molecule has 0 saturated heterocycles. The van der Waals surface area contributed by atoms with Crippen LogP contribution in [-0.4, -0.2) is 38.0 Å². The maximum Gasteiger partial charge on any atom is 0.328 e. The Hall–Kier alpha value is -1.91. The van der Waals surface area contributed by atoms with Crippen molar-refractivity contribution in [1.82, 2.24) is 0 Å². The van der Waals surface area contributed by atoms with Crippen molar-refractivity contribution < 1.29 is 19.4 Å². The molecule has 1 aromatic rings. The zero-order valence-corrected chi connectivity index (χ0v) is 10.9. The molecule has 4 heteroatoms. The first kappa shape index (κ1) is 15.1. The normalized spacial score (nSPS) is 11.9. The highest BCUT2D eigenvalue weighted by Crippen LogP contribution is 2.01. The van der Waals surface area contributed by atoms with Crippen LogP contribution in [0.4, 0.5) is 0 Å². The van der Waals surface area contributed by atoms with E-state index in [1.165, 1.54) is 7.11 Å². The Bertz CT molecular complexity index is 435. The van der Waals surface area contributed by atoms with Gasteiger partial charge in [0.2, 0.25) is 0 Å². The number of carboxylic acids is 1. The minimum atomic E-state index is -0.990. The third-order valence-corrected chi connectivity index (χ3v) is 2.27. The summed E-state index contributed by atoms with van der Waals surface area (Å²) in [6.45, 7) is 0.934. The summed E-state index contributed by atoms with van der Waals surface area (Å²) in [5.74, 6) is -0.990. The Morgan fingerprint density at radius 3 is 2.63 bits per heavy atom. The SMILES string of the molecule is COCC(=CC(=O)O)COCC=Cc1ccccc1. The van der Waals surface area contributed by atoms with Crippen LogP contribution < -0.4 is 0 Å². The van der Waals surface area contributed by atoms with Crippen molar-refractivity contribution in [3.8, 4) is 0 Å². The van der Waals surface area contributed by atoms with Gasteiger partial charge in [0.05, 0.1) is 19.8 Å². The molecule has 0 unspecified atom stereocenters. The van der Waals surface area contributed by atoms with Crippen molar-refractivity contribution in [3.05, 3.63) is 53.6 Å². The zero-order chi connectivity index (χ0) is 13.9. The lowest BCUT2D eigenvalue weighted by atomic mass is 10.2. The molecule has 1 rings (SSSR count). The van der Waals surface area contributed by atoms with E-state index in [-0.39, 0.29) is 13.2 Å². The van der Waals surface area contributed by atoms with E-state index in [4.69, 9.17) is 14.6 Å². The van der Waals surface area contributed by atoms with Gasteiger partial charge in [-0.05, 0) is 11.1 Å². The number of carbonyl (C=O) groups is 1. The van der Waals surface area contributed by atoms with Crippen LogP contribution in [0.15, 0.2) is 48.1 Å². The minimum absolute atomic E-state index is 0.249. The Labute approximate surface area is 113 Å². The lowest BCUT2D eigenvalue weighted by Gasteiger charge is -2.05. The molecule has 19 heavy (non-hydrogen) atoms. The van der Waals surface area contributed by atoms with E-state index in [1.54, 1.807) is 0 Å². The number of ether oxygens (including phenoxy) is 2. The molecule has 0 fully saturated rings. The second kappa shape index (κ2) is 9.08. The second-order valence-corrected chi connectivity index (χ2v) is 3.90. The van der Waals surface area contributed by atoms with Crippen molar-refractivity contribution in [1.29, 1.82) is 0 Å². The molecular weight excluding hydrogens is 244 g/mol. The Morgan fingerprint density at radius 2 is 2.00 bits per heavy atom. The van der Waals surface area contributed by atoms with Crippen molar-refractivity contribution in [3.63, 3.8) is 0 Å². The number of hydrogen-bond donors (Lipinski definition) is 1. The fraction of sp³-hybridized carbons (Fsp3) is 0.267. The minimum Gasteiger partial charge on any atom is -0.478 e. The third-order valence-electron chi connectivity index (χ3n) is 2.27. The first-order valence-corrected chi connectivity index (χ1v) is 5.93. The van der Waals surface area contributed by atoms with Gasteiger partial charge in [-0.1, -0.05) is 42.5 Å². The van der Waals surface area contributed by atoms with Gasteiger partial charge >= 0.3 is 5.97 Å². The van der Waals surface area contributed by atoms with Gasteiger partial charge in [-0.3, -0.25) is 0 Å². The Morgan fingerprint density at radius 1 is 1.26 bits per heavy atom. The van der Waals surface area contributed by atoms with Crippen LogP contribution in [0.2, 0.25) is 0 Å². The number of carboxylic acid groups (broad SMARTS) is 1. The van der Waals surface area contributed by atoms with Crippen LogP contribution in [0.25, 0.3) is 6.08 Å². The predicted octanol–water partition coefficient (Wildman–Crippen LogP) is 2.37. The average molecular weight is 262 g/mol. The summed E-state index contributed by atoms with van der Waals surface area (Å²) in [5, 5.41) is 8.66. The molecule has 0 aromatic heterocycles. The quantitative estimate of drug-likeness (QED) is 0.577. The van der Waals surface area contributed by atoms with Crippen molar-refractivity contribution in [2.75, 3.05) is 26.9 Å². The third kappa shape index (κ3) is 7.18. The van der Waals surface area contributed by atoms with E-state index in [0.29, 0.717) is 12.2 Å². The number of methoxy groups -OCH3 is 1. The van der Waals surface area contributed by atoms with Crippen LogP contribution in [0, 0.1) is 0 Å². The van der Waals surface area contributed by atoms with Gasteiger partial charge in [-0.25, -0.2) is 4.79 Å². The van der Waals surface area contributed by atoms with E-state index in [9.17, 15) is 4.79 Å². The standard InChI is InChI=1S/C15H18O4/c1-18-11-14(10-15(16)17)12-19-9-5-8-13-6-3-2-4-7-13/h2-8,10H,9,11-12H2,1H3,(H,16,17). The summed E-state index contributed by atoms with van der Waals surface area (Å²) in [7, 11) is 1.52. The fourth-order valence-corrected chi connectivity index (χ4v) is 1.49. The highest BCUT2D eigenvalue weighted by atomic mass is 16.5. The van der Waals surface area contributed by atoms with E-state index in [0.717, 1.165) is 11.6 Å². The fourth-order valence-electron chi connectivity index (χ4n) is 1.49. The van der Waals surface area contributed by atoms with Crippen LogP contribution >= 0.6 is 0 Å². The van der Waals surface area contributed by atoms with Crippen molar-refractivity contribution in [2.45, 2.75) is 0 Å². The molecule has 0 saturated carbocycles. The molecule has 0 spiro atoms. The molecule has 0 radical (unpaired) electrons. The first-order valence-electron chi connectivity index (χ1n) is 5.93. The van der Waals surface area contributed by atoms with Gasteiger partial charge in [0.15, 0.2) is 0 Å². The molecule has 4 nitrogen and oxygen atoms in total. The lowest BCUT2D eigenvalue weighted by Crippen LogP contribution is -2.06. The molecule has 0 aliphatic carbocycles. The molecule has 0 atom stereocenters. The molecule has 102 valence electrons. The van der Waals surface area contributed by atoms with Gasteiger partial charge in [0.25, 0.3) is 0 Å². The predicted molar refractivity (Wildman–Crippen MR) is 73.9 cm³/mol. The van der Waals surface area contributed by atoms with E-state index < -0.39 is 5.97 Å². The summed E-state index contributed by atoms with van der Waals surface area (Å²) in [6.07, 6.45) is 4.96. The van der Waals surface area contributed by atoms with Crippen LogP contribution in [0.1, 0.15) is 5.56 Å². The van der Waals surface area contributed by atoms with Gasteiger partial charge < -0.3 is 14.6 Å². The molecule has 0 aliphatic heterocycles. The van der Waals surface area contributed by atoms with E-state index >= 15 is 0 Å². The van der Waals surface area contributed by atoms with Crippen LogP contribution in [0.5, 0.6) is 0 Å². The van der Waals surface area contributed by atoms with Gasteiger partial charge in [-0.2, -0.15) is 0 Å². The molecular formula is C15H18O4.